The van der Waals surface area contributed by atoms with Crippen LogP contribution < -0.4 is 0 Å². The first-order valence-electron chi connectivity index (χ1n) is 3.57. The summed E-state index contributed by atoms with van der Waals surface area (Å²) in [4.78, 5) is 21.6. The Morgan fingerprint density at radius 2 is 2.42 bits per heavy atom. The number of aldehydes is 1. The monoisotopic (exact) mass is 161 g/mol. The molecule has 2 heterocycles. The van der Waals surface area contributed by atoms with Crippen LogP contribution in [0.1, 0.15) is 16.1 Å². The van der Waals surface area contributed by atoms with Crippen LogP contribution in [0.2, 0.25) is 0 Å². The number of rotatable bonds is 1. The zero-order valence-electron chi connectivity index (χ0n) is 6.53. The van der Waals surface area contributed by atoms with Crippen LogP contribution in [0.3, 0.4) is 0 Å². The largest absolute Gasteiger partial charge is 0.344 e. The molecule has 0 bridgehead atoms. The molecule has 0 unspecified atom stereocenters. The lowest BCUT2D eigenvalue weighted by atomic mass is 10.3. The van der Waals surface area contributed by atoms with E-state index in [4.69, 9.17) is 0 Å². The highest BCUT2D eigenvalue weighted by Gasteiger charge is 2.04. The van der Waals surface area contributed by atoms with Gasteiger partial charge in [-0.2, -0.15) is 0 Å². The van der Waals surface area contributed by atoms with E-state index in [9.17, 15) is 4.79 Å². The van der Waals surface area contributed by atoms with Crippen LogP contribution in [0.4, 0.5) is 0 Å². The summed E-state index contributed by atoms with van der Waals surface area (Å²) >= 11 is 0. The van der Waals surface area contributed by atoms with Gasteiger partial charge < -0.3 is 4.98 Å². The van der Waals surface area contributed by atoms with Crippen LogP contribution >= 0.6 is 0 Å². The predicted molar refractivity (Wildman–Crippen MR) is 44.0 cm³/mol. The smallest absolute Gasteiger partial charge is 0.156 e. The number of H-pyrrole nitrogens is 1. The number of hydrogen-bond acceptors (Lipinski definition) is 3. The van der Waals surface area contributed by atoms with Crippen molar-refractivity contribution in [1.82, 2.24) is 15.0 Å². The second kappa shape index (κ2) is 2.41. The van der Waals surface area contributed by atoms with Gasteiger partial charge in [-0.3, -0.25) is 4.79 Å². The van der Waals surface area contributed by atoms with Crippen molar-refractivity contribution in [1.29, 1.82) is 0 Å². The van der Waals surface area contributed by atoms with Crippen molar-refractivity contribution >= 4 is 17.5 Å². The highest BCUT2D eigenvalue weighted by Crippen LogP contribution is 2.11. The minimum Gasteiger partial charge on any atom is -0.344 e. The van der Waals surface area contributed by atoms with Gasteiger partial charge in [-0.25, -0.2) is 9.97 Å². The molecule has 2 aromatic rings. The number of carbonyl (C=O) groups excluding carboxylic acids is 1. The van der Waals surface area contributed by atoms with E-state index in [1.54, 1.807) is 12.4 Å². The van der Waals surface area contributed by atoms with Gasteiger partial charge in [-0.05, 0) is 6.92 Å². The maximum atomic E-state index is 10.5. The summed E-state index contributed by atoms with van der Waals surface area (Å²) < 4.78 is 0. The Morgan fingerprint density at radius 1 is 1.58 bits per heavy atom. The molecule has 2 rings (SSSR count). The molecular weight excluding hydrogens is 154 g/mol. The topological polar surface area (TPSA) is 58.6 Å². The van der Waals surface area contributed by atoms with Gasteiger partial charge in [0.1, 0.15) is 5.52 Å². The number of aromatic nitrogens is 3. The minimum atomic E-state index is 0.557. The third kappa shape index (κ3) is 0.887. The first-order chi connectivity index (χ1) is 5.81. The normalized spacial score (nSPS) is 10.4. The molecule has 0 saturated heterocycles. The molecule has 0 fully saturated rings. The minimum absolute atomic E-state index is 0.557. The Bertz CT molecular complexity index is 433. The van der Waals surface area contributed by atoms with Crippen molar-refractivity contribution in [2.24, 2.45) is 0 Å². The lowest BCUT2D eigenvalue weighted by Gasteiger charge is -1.90. The Balaban J connectivity index is 2.83. The maximum absolute atomic E-state index is 10.5. The highest BCUT2D eigenvalue weighted by molar-refractivity contribution is 5.92. The van der Waals surface area contributed by atoms with Gasteiger partial charge >= 0.3 is 0 Å². The molecule has 0 aliphatic heterocycles. The molecule has 0 amide bonds. The predicted octanol–water partition coefficient (Wildman–Crippen LogP) is 1.08. The van der Waals surface area contributed by atoms with E-state index in [2.05, 4.69) is 15.0 Å². The van der Waals surface area contributed by atoms with Crippen molar-refractivity contribution in [3.05, 3.63) is 23.7 Å². The summed E-state index contributed by atoms with van der Waals surface area (Å²) in [7, 11) is 0. The number of carbonyl (C=O) groups is 1. The van der Waals surface area contributed by atoms with Gasteiger partial charge in [0.25, 0.3) is 0 Å². The summed E-state index contributed by atoms with van der Waals surface area (Å²) in [6.45, 7) is 1.84. The Labute approximate surface area is 68.7 Å². The first kappa shape index (κ1) is 6.97. The molecule has 0 radical (unpaired) electrons. The maximum Gasteiger partial charge on any atom is 0.156 e. The molecule has 0 saturated carbocycles. The van der Waals surface area contributed by atoms with Gasteiger partial charge in [0, 0.05) is 6.20 Å². The van der Waals surface area contributed by atoms with E-state index in [1.807, 2.05) is 6.92 Å². The quantitative estimate of drug-likeness (QED) is 0.636. The van der Waals surface area contributed by atoms with Gasteiger partial charge in [0.05, 0.1) is 17.5 Å². The van der Waals surface area contributed by atoms with E-state index in [0.29, 0.717) is 16.7 Å². The molecule has 1 N–H and O–H groups in total. The Kier molecular flexibility index (Phi) is 1.40. The van der Waals surface area contributed by atoms with Crippen LogP contribution in [0, 0.1) is 6.92 Å². The summed E-state index contributed by atoms with van der Waals surface area (Å²) in [5.41, 5.74) is 2.67. The van der Waals surface area contributed by atoms with Crippen LogP contribution in [0.15, 0.2) is 12.4 Å². The van der Waals surface area contributed by atoms with E-state index in [-0.39, 0.29) is 0 Å². The van der Waals surface area contributed by atoms with E-state index >= 15 is 0 Å². The summed E-state index contributed by atoms with van der Waals surface area (Å²) in [6.07, 6.45) is 4.04. The molecule has 0 aliphatic rings. The average molecular weight is 161 g/mol. The number of aryl methyl sites for hydroxylation is 1. The lowest BCUT2D eigenvalue weighted by Crippen LogP contribution is -1.86. The van der Waals surface area contributed by atoms with Crippen molar-refractivity contribution < 1.29 is 4.79 Å². The van der Waals surface area contributed by atoms with E-state index < -0.39 is 0 Å². The van der Waals surface area contributed by atoms with Crippen LogP contribution in [-0.4, -0.2) is 21.2 Å². The van der Waals surface area contributed by atoms with Gasteiger partial charge in [0.15, 0.2) is 11.9 Å². The van der Waals surface area contributed by atoms with Gasteiger partial charge in [-0.15, -0.1) is 0 Å². The fourth-order valence-electron chi connectivity index (χ4n) is 1.09. The van der Waals surface area contributed by atoms with Crippen molar-refractivity contribution in [2.45, 2.75) is 6.92 Å². The Hall–Kier alpha value is -1.71. The molecule has 0 aliphatic carbocycles. The highest BCUT2D eigenvalue weighted by atomic mass is 16.1. The molecule has 0 aromatic carbocycles. The number of nitrogens with zero attached hydrogens (tertiary/aromatic N) is 2. The fraction of sp³-hybridized carbons (Fsp3) is 0.125. The van der Waals surface area contributed by atoms with Gasteiger partial charge in [-0.1, -0.05) is 0 Å². The summed E-state index contributed by atoms with van der Waals surface area (Å²) in [5.74, 6) is 0. The lowest BCUT2D eigenvalue weighted by molar-refractivity contribution is 0.112. The number of nitrogens with one attached hydrogen (secondary N) is 1. The fourth-order valence-corrected chi connectivity index (χ4v) is 1.09. The average Bonchev–Trinajstić information content (AvgIpc) is 2.46. The molecule has 12 heavy (non-hydrogen) atoms. The molecule has 2 aromatic heterocycles. The number of hydrogen-bond donors (Lipinski definition) is 1. The first-order valence-corrected chi connectivity index (χ1v) is 3.57. The van der Waals surface area contributed by atoms with Crippen molar-refractivity contribution in [3.63, 3.8) is 0 Å². The van der Waals surface area contributed by atoms with Crippen molar-refractivity contribution in [2.75, 3.05) is 0 Å². The third-order valence-electron chi connectivity index (χ3n) is 1.66. The zero-order valence-corrected chi connectivity index (χ0v) is 6.53. The zero-order chi connectivity index (χ0) is 8.55. The Morgan fingerprint density at radius 3 is 3.17 bits per heavy atom. The molecule has 4 heteroatoms. The number of fused-ring (bicyclic) bond motifs is 1. The summed E-state index contributed by atoms with van der Waals surface area (Å²) in [6, 6.07) is 0. The van der Waals surface area contributed by atoms with Crippen LogP contribution in [-0.2, 0) is 0 Å². The summed E-state index contributed by atoms with van der Waals surface area (Å²) in [5, 5.41) is 0. The molecule has 4 nitrogen and oxygen atoms in total. The van der Waals surface area contributed by atoms with E-state index in [0.717, 1.165) is 12.0 Å². The second-order valence-electron chi connectivity index (χ2n) is 2.57. The molecule has 60 valence electrons. The van der Waals surface area contributed by atoms with E-state index in [1.165, 1.54) is 0 Å². The molecular formula is C8H7N3O. The molecule has 0 spiro atoms. The SMILES string of the molecule is Cc1cnc2[nH]cc(C=O)c2n1. The standard InChI is InChI=1S/C8H7N3O/c1-5-2-9-8-7(11-5)6(4-12)3-10-8/h2-4H,1H3,(H,9,10). The number of aromatic amines is 1. The van der Waals surface area contributed by atoms with Crippen LogP contribution in [0.5, 0.6) is 0 Å². The van der Waals surface area contributed by atoms with Gasteiger partial charge in [0.2, 0.25) is 0 Å². The second-order valence-corrected chi connectivity index (χ2v) is 2.57. The molecule has 0 atom stereocenters. The third-order valence-corrected chi connectivity index (χ3v) is 1.66. The van der Waals surface area contributed by atoms with Crippen molar-refractivity contribution in [3.8, 4) is 0 Å². The van der Waals surface area contributed by atoms with Crippen LogP contribution in [0.25, 0.3) is 11.2 Å².